The minimum atomic E-state index is -0.357. The normalized spacial score (nSPS) is 11.9. The number of thiocarbonyl (C=S) groups is 1. The van der Waals surface area contributed by atoms with Gasteiger partial charge in [-0.05, 0) is 66.0 Å². The molecule has 0 spiro atoms. The fraction of sp³-hybridized carbons (Fsp3) is 0.333. The van der Waals surface area contributed by atoms with Crippen molar-refractivity contribution < 1.29 is 19.0 Å². The highest BCUT2D eigenvalue weighted by molar-refractivity contribution is 7.80. The first kappa shape index (κ1) is 22.0. The van der Waals surface area contributed by atoms with E-state index in [-0.39, 0.29) is 30.3 Å². The summed E-state index contributed by atoms with van der Waals surface area (Å²) in [7, 11) is 0. The molecule has 1 amide bonds. The van der Waals surface area contributed by atoms with Gasteiger partial charge < -0.3 is 19.5 Å². The van der Waals surface area contributed by atoms with Gasteiger partial charge in [0.2, 0.25) is 6.79 Å². The number of benzene rings is 2. The number of hydrogen-bond acceptors (Lipinski definition) is 5. The third kappa shape index (κ3) is 5.67. The summed E-state index contributed by atoms with van der Waals surface area (Å²) in [6.07, 6.45) is 0. The molecule has 0 radical (unpaired) electrons. The van der Waals surface area contributed by atoms with E-state index in [9.17, 15) is 4.79 Å². The molecule has 160 valence electrons. The van der Waals surface area contributed by atoms with Gasteiger partial charge in [0.1, 0.15) is 5.75 Å². The molecule has 1 heterocycles. The molecule has 30 heavy (non-hydrogen) atoms. The number of aryl methyl sites for hydroxylation is 1. The summed E-state index contributed by atoms with van der Waals surface area (Å²) in [6, 6.07) is 9.36. The predicted molar refractivity (Wildman–Crippen MR) is 119 cm³/mol. The Morgan fingerprint density at radius 3 is 2.73 bits per heavy atom. The van der Waals surface area contributed by atoms with Crippen LogP contribution in [0.15, 0.2) is 30.3 Å². The van der Waals surface area contributed by atoms with Crippen LogP contribution in [0, 0.1) is 6.92 Å². The lowest BCUT2D eigenvalue weighted by atomic mass is 10.0. The molecule has 0 aromatic heterocycles. The Hall–Kier alpha value is -2.71. The van der Waals surface area contributed by atoms with Crippen molar-refractivity contribution in [2.24, 2.45) is 0 Å². The van der Waals surface area contributed by atoms with E-state index in [1.807, 2.05) is 51.1 Å². The van der Waals surface area contributed by atoms with Crippen LogP contribution in [0.2, 0.25) is 5.02 Å². The number of nitrogens with one attached hydrogen (secondary N) is 3. The molecule has 2 aromatic carbocycles. The Labute approximate surface area is 186 Å². The maximum absolute atomic E-state index is 12.1. The largest absolute Gasteiger partial charge is 0.483 e. The summed E-state index contributed by atoms with van der Waals surface area (Å²) < 4.78 is 16.3. The van der Waals surface area contributed by atoms with E-state index in [2.05, 4.69) is 16.2 Å². The SMILES string of the molecule is Cc1cc(OCC(=O)NNC(=S)NCc2ccc3c(c2)OCO3)c(C(C)C)cc1Cl. The highest BCUT2D eigenvalue weighted by Gasteiger charge is 2.14. The third-order valence-corrected chi connectivity index (χ3v) is 5.13. The first-order chi connectivity index (χ1) is 14.3. The average molecular weight is 450 g/mol. The quantitative estimate of drug-likeness (QED) is 0.459. The van der Waals surface area contributed by atoms with Crippen LogP contribution >= 0.6 is 23.8 Å². The molecule has 0 aliphatic carbocycles. The Kier molecular flexibility index (Phi) is 7.23. The number of fused-ring (bicyclic) bond motifs is 1. The molecule has 0 saturated carbocycles. The van der Waals surface area contributed by atoms with Gasteiger partial charge in [-0.15, -0.1) is 0 Å². The molecule has 0 bridgehead atoms. The first-order valence-corrected chi connectivity index (χ1v) is 10.3. The second-order valence-corrected chi connectivity index (χ2v) is 7.94. The Bertz CT molecular complexity index is 952. The fourth-order valence-electron chi connectivity index (χ4n) is 2.83. The monoisotopic (exact) mass is 449 g/mol. The van der Waals surface area contributed by atoms with Crippen LogP contribution in [-0.2, 0) is 11.3 Å². The van der Waals surface area contributed by atoms with Crippen LogP contribution < -0.4 is 30.4 Å². The van der Waals surface area contributed by atoms with Crippen LogP contribution in [0.25, 0.3) is 0 Å². The lowest BCUT2D eigenvalue weighted by Crippen LogP contribution is -2.48. The van der Waals surface area contributed by atoms with E-state index in [1.165, 1.54) is 0 Å². The second kappa shape index (κ2) is 9.86. The Morgan fingerprint density at radius 2 is 1.97 bits per heavy atom. The smallest absolute Gasteiger partial charge is 0.276 e. The fourth-order valence-corrected chi connectivity index (χ4v) is 3.13. The first-order valence-electron chi connectivity index (χ1n) is 9.47. The molecule has 2 aromatic rings. The van der Waals surface area contributed by atoms with Gasteiger partial charge in [0.05, 0.1) is 0 Å². The molecule has 0 saturated heterocycles. The van der Waals surface area contributed by atoms with Crippen LogP contribution in [-0.4, -0.2) is 24.4 Å². The molecule has 1 aliphatic rings. The van der Waals surface area contributed by atoms with Crippen LogP contribution in [0.4, 0.5) is 0 Å². The summed E-state index contributed by atoms with van der Waals surface area (Å²) in [5.41, 5.74) is 7.99. The highest BCUT2D eigenvalue weighted by Crippen LogP contribution is 2.33. The lowest BCUT2D eigenvalue weighted by molar-refractivity contribution is -0.123. The summed E-state index contributed by atoms with van der Waals surface area (Å²) in [6.45, 7) is 6.52. The maximum atomic E-state index is 12.1. The number of hydrazine groups is 1. The van der Waals surface area contributed by atoms with Crippen molar-refractivity contribution in [3.8, 4) is 17.2 Å². The van der Waals surface area contributed by atoms with Gasteiger partial charge >= 0.3 is 0 Å². The molecule has 3 N–H and O–H groups in total. The van der Waals surface area contributed by atoms with Gasteiger partial charge in [-0.25, -0.2) is 0 Å². The van der Waals surface area contributed by atoms with Gasteiger partial charge in [0.25, 0.3) is 5.91 Å². The minimum absolute atomic E-state index is 0.154. The van der Waals surface area contributed by atoms with Gasteiger partial charge in [-0.1, -0.05) is 31.5 Å². The number of carbonyl (C=O) groups is 1. The predicted octanol–water partition coefficient (Wildman–Crippen LogP) is 3.57. The van der Waals surface area contributed by atoms with E-state index in [0.717, 1.165) is 22.4 Å². The van der Waals surface area contributed by atoms with Crippen molar-refractivity contribution in [3.05, 3.63) is 52.0 Å². The summed E-state index contributed by atoms with van der Waals surface area (Å²) in [5, 5.41) is 3.97. The van der Waals surface area contributed by atoms with Crippen molar-refractivity contribution in [2.75, 3.05) is 13.4 Å². The number of amides is 1. The van der Waals surface area contributed by atoms with Crippen molar-refractivity contribution >= 4 is 34.8 Å². The van der Waals surface area contributed by atoms with E-state index < -0.39 is 0 Å². The van der Waals surface area contributed by atoms with Gasteiger partial charge in [0, 0.05) is 11.6 Å². The summed E-state index contributed by atoms with van der Waals surface area (Å²) >= 11 is 11.4. The second-order valence-electron chi connectivity index (χ2n) is 7.13. The number of carbonyl (C=O) groups excluding carboxylic acids is 1. The molecular formula is C21H24ClN3O4S. The molecule has 0 unspecified atom stereocenters. The van der Waals surface area contributed by atoms with Crippen molar-refractivity contribution in [1.82, 2.24) is 16.2 Å². The molecule has 1 aliphatic heterocycles. The number of halogens is 1. The van der Waals surface area contributed by atoms with Crippen LogP contribution in [0.5, 0.6) is 17.2 Å². The standard InChI is InChI=1S/C21H24ClN3O4S/c1-12(2)15-8-16(22)13(3)6-18(15)27-10-20(26)24-25-21(30)23-9-14-4-5-17-19(7-14)29-11-28-17/h4-8,12H,9-11H2,1-3H3,(H,24,26)(H2,23,25,30). The Morgan fingerprint density at radius 1 is 1.20 bits per heavy atom. The molecular weight excluding hydrogens is 426 g/mol. The van der Waals surface area contributed by atoms with Gasteiger partial charge in [-0.3, -0.25) is 15.6 Å². The van der Waals surface area contributed by atoms with E-state index in [4.69, 9.17) is 38.0 Å². The van der Waals surface area contributed by atoms with Crippen LogP contribution in [0.1, 0.15) is 36.5 Å². The summed E-state index contributed by atoms with van der Waals surface area (Å²) in [4.78, 5) is 12.1. The maximum Gasteiger partial charge on any atom is 0.276 e. The zero-order valence-electron chi connectivity index (χ0n) is 17.0. The number of rotatable bonds is 6. The van der Waals surface area contributed by atoms with Crippen molar-refractivity contribution in [3.63, 3.8) is 0 Å². The number of hydrogen-bond donors (Lipinski definition) is 3. The zero-order valence-corrected chi connectivity index (χ0v) is 18.6. The third-order valence-electron chi connectivity index (χ3n) is 4.48. The molecule has 0 atom stereocenters. The van der Waals surface area contributed by atoms with Crippen LogP contribution in [0.3, 0.4) is 0 Å². The highest BCUT2D eigenvalue weighted by atomic mass is 35.5. The van der Waals surface area contributed by atoms with Gasteiger partial charge in [0.15, 0.2) is 23.2 Å². The van der Waals surface area contributed by atoms with Crippen molar-refractivity contribution in [2.45, 2.75) is 33.2 Å². The molecule has 9 heteroatoms. The Balaban J connectivity index is 1.43. The van der Waals surface area contributed by atoms with Gasteiger partial charge in [-0.2, -0.15) is 0 Å². The zero-order chi connectivity index (χ0) is 21.7. The number of ether oxygens (including phenoxy) is 3. The lowest BCUT2D eigenvalue weighted by Gasteiger charge is -2.16. The van der Waals surface area contributed by atoms with E-state index >= 15 is 0 Å². The van der Waals surface area contributed by atoms with E-state index in [0.29, 0.717) is 23.1 Å². The molecule has 0 fully saturated rings. The molecule has 3 rings (SSSR count). The topological polar surface area (TPSA) is 80.9 Å². The summed E-state index contributed by atoms with van der Waals surface area (Å²) in [5.74, 6) is 1.93. The van der Waals surface area contributed by atoms with Crippen molar-refractivity contribution in [1.29, 1.82) is 0 Å². The minimum Gasteiger partial charge on any atom is -0.483 e. The van der Waals surface area contributed by atoms with E-state index in [1.54, 1.807) is 0 Å². The average Bonchev–Trinajstić information content (AvgIpc) is 3.18. The molecule has 7 nitrogen and oxygen atoms in total.